The van der Waals surface area contributed by atoms with Gasteiger partial charge in [-0.05, 0) is 51.1 Å². The molecule has 1 amide bonds. The molecule has 1 unspecified atom stereocenters. The second kappa shape index (κ2) is 6.67. The Bertz CT molecular complexity index is 663. The van der Waals surface area contributed by atoms with Crippen molar-refractivity contribution in [3.8, 4) is 0 Å². The van der Waals surface area contributed by atoms with Gasteiger partial charge in [0.1, 0.15) is 0 Å². The lowest BCUT2D eigenvalue weighted by Crippen LogP contribution is -2.48. The molecule has 1 aliphatic rings. The zero-order chi connectivity index (χ0) is 15.0. The predicted octanol–water partition coefficient (Wildman–Crippen LogP) is 2.83. The fraction of sp³-hybridized carbons (Fsp3) is 0.500. The molecule has 2 N–H and O–H groups in total. The number of anilines is 1. The highest BCUT2D eigenvalue weighted by Crippen LogP contribution is 2.22. The summed E-state index contributed by atoms with van der Waals surface area (Å²) in [4.78, 5) is 12.2. The van der Waals surface area contributed by atoms with Crippen LogP contribution in [0.1, 0.15) is 26.8 Å². The van der Waals surface area contributed by atoms with Crippen LogP contribution < -0.4 is 10.6 Å². The highest BCUT2D eigenvalue weighted by molar-refractivity contribution is 5.95. The van der Waals surface area contributed by atoms with Crippen LogP contribution in [-0.2, 0) is 4.79 Å². The van der Waals surface area contributed by atoms with Crippen molar-refractivity contribution in [2.75, 3.05) is 18.4 Å². The first-order valence-corrected chi connectivity index (χ1v) is 7.55. The summed E-state index contributed by atoms with van der Waals surface area (Å²) in [6, 6.07) is 6.20. The van der Waals surface area contributed by atoms with E-state index in [1.165, 1.54) is 0 Å². The second-order valence-electron chi connectivity index (χ2n) is 6.17. The number of amides is 1. The molecule has 2 heterocycles. The van der Waals surface area contributed by atoms with E-state index in [0.29, 0.717) is 12.0 Å². The largest absolute Gasteiger partial charge is 0.326 e. The van der Waals surface area contributed by atoms with E-state index in [1.807, 2.05) is 36.0 Å². The zero-order valence-electron chi connectivity index (χ0n) is 13.2. The van der Waals surface area contributed by atoms with Crippen LogP contribution in [0.2, 0.25) is 0 Å². The maximum absolute atomic E-state index is 12.2. The van der Waals surface area contributed by atoms with Crippen molar-refractivity contribution in [1.29, 1.82) is 0 Å². The Morgan fingerprint density at radius 3 is 2.68 bits per heavy atom. The molecule has 0 spiro atoms. The van der Waals surface area contributed by atoms with Crippen molar-refractivity contribution >= 4 is 34.9 Å². The van der Waals surface area contributed by atoms with Crippen LogP contribution in [0.25, 0.3) is 10.9 Å². The molecule has 1 aromatic heterocycles. The summed E-state index contributed by atoms with van der Waals surface area (Å²) in [6.07, 6.45) is 2.02. The third-order valence-corrected chi connectivity index (χ3v) is 4.25. The van der Waals surface area contributed by atoms with E-state index in [0.717, 1.165) is 29.7 Å². The molecule has 5 nitrogen and oxygen atoms in total. The molecule has 3 rings (SSSR count). The van der Waals surface area contributed by atoms with Crippen LogP contribution in [0.4, 0.5) is 5.69 Å². The highest BCUT2D eigenvalue weighted by atomic mass is 35.5. The number of rotatable bonds is 4. The number of aromatic nitrogens is 2. The molecule has 0 aliphatic carbocycles. The normalized spacial score (nSPS) is 16.2. The number of hydrogen-bond acceptors (Lipinski definition) is 3. The molecule has 1 aromatic carbocycles. The molecule has 22 heavy (non-hydrogen) atoms. The van der Waals surface area contributed by atoms with Crippen LogP contribution in [0, 0.1) is 11.8 Å². The fourth-order valence-electron chi connectivity index (χ4n) is 2.52. The first-order valence-electron chi connectivity index (χ1n) is 7.55. The van der Waals surface area contributed by atoms with Gasteiger partial charge < -0.3 is 10.6 Å². The van der Waals surface area contributed by atoms with Gasteiger partial charge in [0.05, 0.1) is 5.52 Å². The van der Waals surface area contributed by atoms with Crippen molar-refractivity contribution in [1.82, 2.24) is 15.1 Å². The van der Waals surface area contributed by atoms with Crippen LogP contribution in [-0.4, -0.2) is 28.8 Å². The monoisotopic (exact) mass is 322 g/mol. The third-order valence-electron chi connectivity index (χ3n) is 4.25. The Labute approximate surface area is 136 Å². The first kappa shape index (κ1) is 16.8. The Balaban J connectivity index is 0.00000176. The molecule has 0 saturated carbocycles. The molecular weight excluding hydrogens is 300 g/mol. The van der Waals surface area contributed by atoms with Gasteiger partial charge >= 0.3 is 0 Å². The van der Waals surface area contributed by atoms with E-state index in [1.54, 1.807) is 0 Å². The Morgan fingerprint density at radius 2 is 2.09 bits per heavy atom. The van der Waals surface area contributed by atoms with Gasteiger partial charge in [-0.1, -0.05) is 6.92 Å². The van der Waals surface area contributed by atoms with E-state index >= 15 is 0 Å². The second-order valence-corrected chi connectivity index (χ2v) is 6.17. The average Bonchev–Trinajstić information content (AvgIpc) is 2.79. The SMILES string of the molecule is CC(C(=O)Nc1ccc2nn(C(C)C)cc2c1)C1CNC1.Cl. The van der Waals surface area contributed by atoms with Crippen LogP contribution in [0.3, 0.4) is 0 Å². The van der Waals surface area contributed by atoms with Crippen molar-refractivity contribution in [2.45, 2.75) is 26.8 Å². The number of benzene rings is 1. The third kappa shape index (κ3) is 3.25. The maximum atomic E-state index is 12.2. The van der Waals surface area contributed by atoms with Gasteiger partial charge in [0.25, 0.3) is 0 Å². The summed E-state index contributed by atoms with van der Waals surface area (Å²) >= 11 is 0. The number of hydrogen-bond donors (Lipinski definition) is 2. The summed E-state index contributed by atoms with van der Waals surface area (Å²) in [5.41, 5.74) is 1.80. The molecule has 1 fully saturated rings. The lowest BCUT2D eigenvalue weighted by molar-refractivity contribution is -0.121. The average molecular weight is 323 g/mol. The lowest BCUT2D eigenvalue weighted by Gasteiger charge is -2.31. The smallest absolute Gasteiger partial charge is 0.227 e. The summed E-state index contributed by atoms with van der Waals surface area (Å²) in [7, 11) is 0. The van der Waals surface area contributed by atoms with Crippen molar-refractivity contribution in [3.05, 3.63) is 24.4 Å². The number of nitrogens with zero attached hydrogens (tertiary/aromatic N) is 2. The van der Waals surface area contributed by atoms with Gasteiger partial charge in [-0.2, -0.15) is 5.10 Å². The molecule has 0 bridgehead atoms. The van der Waals surface area contributed by atoms with E-state index in [-0.39, 0.29) is 24.2 Å². The quantitative estimate of drug-likeness (QED) is 0.910. The summed E-state index contributed by atoms with van der Waals surface area (Å²) in [5.74, 6) is 0.592. The van der Waals surface area contributed by atoms with E-state index in [9.17, 15) is 4.79 Å². The van der Waals surface area contributed by atoms with Crippen LogP contribution in [0.15, 0.2) is 24.4 Å². The molecule has 0 radical (unpaired) electrons. The van der Waals surface area contributed by atoms with Gasteiger partial charge in [0.15, 0.2) is 0 Å². The fourth-order valence-corrected chi connectivity index (χ4v) is 2.52. The minimum Gasteiger partial charge on any atom is -0.326 e. The maximum Gasteiger partial charge on any atom is 0.227 e. The Hall–Kier alpha value is -1.59. The standard InChI is InChI=1S/C16H22N4O.ClH/c1-10(2)20-9-12-6-14(4-5-15(12)19-20)18-16(21)11(3)13-7-17-8-13;/h4-6,9-11,13,17H,7-8H2,1-3H3,(H,18,21);1H. The lowest BCUT2D eigenvalue weighted by atomic mass is 9.88. The van der Waals surface area contributed by atoms with E-state index in [2.05, 4.69) is 29.6 Å². The van der Waals surface area contributed by atoms with Crippen molar-refractivity contribution in [2.24, 2.45) is 11.8 Å². The number of fused-ring (bicyclic) bond motifs is 1. The van der Waals surface area contributed by atoms with Gasteiger partial charge in [0.2, 0.25) is 5.91 Å². The van der Waals surface area contributed by atoms with Gasteiger partial charge in [-0.15, -0.1) is 12.4 Å². The summed E-state index contributed by atoms with van der Waals surface area (Å²) < 4.78 is 1.94. The number of halogens is 1. The topological polar surface area (TPSA) is 59.0 Å². The van der Waals surface area contributed by atoms with Gasteiger partial charge in [-0.25, -0.2) is 0 Å². The molecular formula is C16H23ClN4O. The number of nitrogens with one attached hydrogen (secondary N) is 2. The Morgan fingerprint density at radius 1 is 1.36 bits per heavy atom. The van der Waals surface area contributed by atoms with Crippen LogP contribution in [0.5, 0.6) is 0 Å². The highest BCUT2D eigenvalue weighted by Gasteiger charge is 2.28. The van der Waals surface area contributed by atoms with Crippen LogP contribution >= 0.6 is 12.4 Å². The van der Waals surface area contributed by atoms with Crippen molar-refractivity contribution < 1.29 is 4.79 Å². The molecule has 2 aromatic rings. The molecule has 6 heteroatoms. The molecule has 120 valence electrons. The summed E-state index contributed by atoms with van der Waals surface area (Å²) in [6.45, 7) is 8.07. The summed E-state index contributed by atoms with van der Waals surface area (Å²) in [5, 5.41) is 11.8. The minimum atomic E-state index is 0. The first-order chi connectivity index (χ1) is 10.0. The minimum absolute atomic E-state index is 0. The van der Waals surface area contributed by atoms with Gasteiger partial charge in [-0.3, -0.25) is 9.48 Å². The van der Waals surface area contributed by atoms with Crippen molar-refractivity contribution in [3.63, 3.8) is 0 Å². The van der Waals surface area contributed by atoms with Gasteiger partial charge in [0, 0.05) is 29.2 Å². The molecule has 1 atom stereocenters. The molecule has 1 aliphatic heterocycles. The number of carbonyl (C=O) groups excluding carboxylic acids is 1. The van der Waals surface area contributed by atoms with E-state index < -0.39 is 0 Å². The number of carbonyl (C=O) groups is 1. The zero-order valence-corrected chi connectivity index (χ0v) is 14.0. The Kier molecular flexibility index (Phi) is 5.08. The molecule has 1 saturated heterocycles. The van der Waals surface area contributed by atoms with E-state index in [4.69, 9.17) is 0 Å². The predicted molar refractivity (Wildman–Crippen MR) is 91.5 cm³/mol.